The number of β-amino-alcohol motifs (C(OH)–C–C–N with tert-alkyl or cyclic N) is 1. The van der Waals surface area contributed by atoms with E-state index in [0.29, 0.717) is 31.7 Å². The number of likely N-dealkylation sites (N-methyl/N-ethyl adjacent to an activating group) is 1. The molecule has 0 aliphatic carbocycles. The summed E-state index contributed by atoms with van der Waals surface area (Å²) >= 11 is 0. The molecule has 216 valence electrons. The number of aliphatic hydroxyl groups is 1. The van der Waals surface area contributed by atoms with Crippen molar-refractivity contribution in [3.05, 3.63) is 59.7 Å². The van der Waals surface area contributed by atoms with E-state index in [1.807, 2.05) is 52.3 Å². The zero-order valence-corrected chi connectivity index (χ0v) is 23.8. The molecule has 2 fully saturated rings. The van der Waals surface area contributed by atoms with Crippen LogP contribution in [0.4, 0.5) is 5.69 Å². The molecule has 2 saturated heterocycles. The second-order valence-electron chi connectivity index (χ2n) is 11.5. The molecule has 2 amide bonds. The van der Waals surface area contributed by atoms with Crippen molar-refractivity contribution >= 4 is 17.5 Å². The number of nitrogens with zero attached hydrogens (tertiary/aromatic N) is 4. The molecule has 8 heteroatoms. The summed E-state index contributed by atoms with van der Waals surface area (Å²) in [5.41, 5.74) is 2.94. The Morgan fingerprint density at radius 1 is 0.950 bits per heavy atom. The number of aliphatic hydroxyl groups excluding tert-OH is 1. The number of ether oxygens (including phenoxy) is 1. The van der Waals surface area contributed by atoms with E-state index in [2.05, 4.69) is 22.9 Å². The van der Waals surface area contributed by atoms with Gasteiger partial charge in [0.2, 0.25) is 5.91 Å². The van der Waals surface area contributed by atoms with Crippen LogP contribution in [0.2, 0.25) is 0 Å². The van der Waals surface area contributed by atoms with Crippen LogP contribution in [-0.2, 0) is 11.2 Å². The standard InChI is InChI=1S/C32H44N4O4/c1-33-19-21-34(22-20-33)24-28(37)7-4-5-23-40-29-12-9-26(10-13-29)32(39)35-17-15-27(16-18-35)36-30-8-3-2-6-25(30)11-14-31(36)38/h2-3,6,8-10,12-13,27-28,37H,4-5,7,11,14-24H2,1H3. The highest BCUT2D eigenvalue weighted by atomic mass is 16.5. The van der Waals surface area contributed by atoms with Crippen LogP contribution in [0.25, 0.3) is 0 Å². The number of fused-ring (bicyclic) bond motifs is 1. The van der Waals surface area contributed by atoms with Crippen LogP contribution in [0.5, 0.6) is 5.75 Å². The highest BCUT2D eigenvalue weighted by Gasteiger charge is 2.33. The fourth-order valence-electron chi connectivity index (χ4n) is 6.15. The highest BCUT2D eigenvalue weighted by Crippen LogP contribution is 2.32. The van der Waals surface area contributed by atoms with Gasteiger partial charge in [-0.05, 0) is 81.5 Å². The first-order chi connectivity index (χ1) is 19.5. The highest BCUT2D eigenvalue weighted by molar-refractivity contribution is 5.97. The van der Waals surface area contributed by atoms with Crippen LogP contribution >= 0.6 is 0 Å². The number of amides is 2. The van der Waals surface area contributed by atoms with E-state index >= 15 is 0 Å². The van der Waals surface area contributed by atoms with E-state index in [-0.39, 0.29) is 24.0 Å². The fraction of sp³-hybridized carbons (Fsp3) is 0.562. The Balaban J connectivity index is 1.01. The summed E-state index contributed by atoms with van der Waals surface area (Å²) in [7, 11) is 2.14. The summed E-state index contributed by atoms with van der Waals surface area (Å²) in [6, 6.07) is 15.7. The fourth-order valence-corrected chi connectivity index (χ4v) is 6.15. The Morgan fingerprint density at radius 2 is 1.68 bits per heavy atom. The molecule has 2 aromatic rings. The first kappa shape index (κ1) is 28.6. The number of likely N-dealkylation sites (tertiary alicyclic amines) is 1. The molecule has 1 N–H and O–H groups in total. The lowest BCUT2D eigenvalue weighted by Crippen LogP contribution is -2.50. The van der Waals surface area contributed by atoms with E-state index < -0.39 is 0 Å². The molecular weight excluding hydrogens is 504 g/mol. The van der Waals surface area contributed by atoms with E-state index in [1.165, 1.54) is 5.56 Å². The molecule has 5 rings (SSSR count). The van der Waals surface area contributed by atoms with Gasteiger partial charge >= 0.3 is 0 Å². The molecule has 2 aromatic carbocycles. The van der Waals surface area contributed by atoms with E-state index in [1.54, 1.807) is 0 Å². The van der Waals surface area contributed by atoms with Gasteiger partial charge in [0.1, 0.15) is 5.75 Å². The number of unbranched alkanes of at least 4 members (excludes halogenated alkanes) is 1. The summed E-state index contributed by atoms with van der Waals surface area (Å²) in [5.74, 6) is 0.987. The number of piperazine rings is 1. The Morgan fingerprint density at radius 3 is 2.42 bits per heavy atom. The van der Waals surface area contributed by atoms with Gasteiger partial charge in [0, 0.05) is 69.5 Å². The maximum atomic E-state index is 13.2. The van der Waals surface area contributed by atoms with Gasteiger partial charge < -0.3 is 24.5 Å². The molecule has 1 unspecified atom stereocenters. The molecule has 0 bridgehead atoms. The lowest BCUT2D eigenvalue weighted by atomic mass is 9.95. The number of piperidine rings is 1. The van der Waals surface area contributed by atoms with Gasteiger partial charge in [0.05, 0.1) is 12.7 Å². The predicted molar refractivity (Wildman–Crippen MR) is 157 cm³/mol. The van der Waals surface area contributed by atoms with Crippen molar-refractivity contribution in [1.82, 2.24) is 14.7 Å². The van der Waals surface area contributed by atoms with Crippen molar-refractivity contribution in [1.29, 1.82) is 0 Å². The molecule has 1 atom stereocenters. The average molecular weight is 549 g/mol. The molecule has 8 nitrogen and oxygen atoms in total. The molecule has 3 aliphatic rings. The Kier molecular flexibility index (Phi) is 9.73. The van der Waals surface area contributed by atoms with Crippen molar-refractivity contribution in [3.8, 4) is 5.75 Å². The van der Waals surface area contributed by atoms with Gasteiger partial charge in [-0.15, -0.1) is 0 Å². The maximum Gasteiger partial charge on any atom is 0.253 e. The summed E-state index contributed by atoms with van der Waals surface area (Å²) in [4.78, 5) is 34.5. The minimum absolute atomic E-state index is 0.0321. The van der Waals surface area contributed by atoms with Crippen molar-refractivity contribution < 1.29 is 19.4 Å². The van der Waals surface area contributed by atoms with Crippen LogP contribution in [0.15, 0.2) is 48.5 Å². The van der Waals surface area contributed by atoms with Gasteiger partial charge in [-0.1, -0.05) is 18.2 Å². The van der Waals surface area contributed by atoms with Gasteiger partial charge in [0.25, 0.3) is 5.91 Å². The first-order valence-corrected chi connectivity index (χ1v) is 15.0. The number of carbonyl (C=O) groups excluding carboxylic acids is 2. The monoisotopic (exact) mass is 548 g/mol. The lowest BCUT2D eigenvalue weighted by molar-refractivity contribution is -0.119. The molecule has 0 spiro atoms. The number of para-hydroxylation sites is 1. The summed E-state index contributed by atoms with van der Waals surface area (Å²) < 4.78 is 5.89. The molecule has 40 heavy (non-hydrogen) atoms. The molecule has 3 heterocycles. The number of benzene rings is 2. The minimum Gasteiger partial charge on any atom is -0.494 e. The smallest absolute Gasteiger partial charge is 0.253 e. The minimum atomic E-state index is -0.282. The van der Waals surface area contributed by atoms with Gasteiger partial charge in [-0.3, -0.25) is 14.5 Å². The van der Waals surface area contributed by atoms with Crippen LogP contribution < -0.4 is 9.64 Å². The topological polar surface area (TPSA) is 76.6 Å². The molecular formula is C32H44N4O4. The number of hydrogen-bond acceptors (Lipinski definition) is 6. The third-order valence-electron chi connectivity index (χ3n) is 8.61. The molecule has 3 aliphatic heterocycles. The average Bonchev–Trinajstić information content (AvgIpc) is 2.98. The van der Waals surface area contributed by atoms with Crippen molar-refractivity contribution in [2.75, 3.05) is 64.4 Å². The third-order valence-corrected chi connectivity index (χ3v) is 8.61. The van der Waals surface area contributed by atoms with Crippen LogP contribution in [0.1, 0.15) is 54.4 Å². The largest absolute Gasteiger partial charge is 0.494 e. The quantitative estimate of drug-likeness (QED) is 0.459. The predicted octanol–water partition coefficient (Wildman–Crippen LogP) is 3.43. The normalized spacial score (nSPS) is 19.9. The number of hydrogen-bond donors (Lipinski definition) is 1. The third kappa shape index (κ3) is 7.22. The van der Waals surface area contributed by atoms with E-state index in [9.17, 15) is 14.7 Å². The zero-order valence-electron chi connectivity index (χ0n) is 23.8. The SMILES string of the molecule is CN1CCN(CC(O)CCCCOc2ccc(C(=O)N3CCC(N4C(=O)CCc5ccccc54)CC3)cc2)CC1. The number of aryl methyl sites for hydroxylation is 1. The van der Waals surface area contributed by atoms with Gasteiger partial charge in [0.15, 0.2) is 0 Å². The molecule has 0 radical (unpaired) electrons. The second-order valence-corrected chi connectivity index (χ2v) is 11.5. The van der Waals surface area contributed by atoms with Crippen molar-refractivity contribution in [3.63, 3.8) is 0 Å². The summed E-state index contributed by atoms with van der Waals surface area (Å²) in [5, 5.41) is 10.4. The Labute approximate surface area is 238 Å². The lowest BCUT2D eigenvalue weighted by Gasteiger charge is -2.41. The Hall–Kier alpha value is -2.94. The number of rotatable bonds is 10. The van der Waals surface area contributed by atoms with Crippen molar-refractivity contribution in [2.45, 2.75) is 57.1 Å². The van der Waals surface area contributed by atoms with Crippen LogP contribution in [0.3, 0.4) is 0 Å². The number of anilines is 1. The second kappa shape index (κ2) is 13.6. The zero-order chi connectivity index (χ0) is 27.9. The van der Waals surface area contributed by atoms with E-state index in [4.69, 9.17) is 4.74 Å². The molecule has 0 aromatic heterocycles. The first-order valence-electron chi connectivity index (χ1n) is 15.0. The van der Waals surface area contributed by atoms with E-state index in [0.717, 1.165) is 82.7 Å². The van der Waals surface area contributed by atoms with Crippen LogP contribution in [0, 0.1) is 0 Å². The summed E-state index contributed by atoms with van der Waals surface area (Å²) in [6.07, 6.45) is 5.27. The van der Waals surface area contributed by atoms with Crippen LogP contribution in [-0.4, -0.2) is 103 Å². The summed E-state index contributed by atoms with van der Waals surface area (Å²) in [6.45, 7) is 6.85. The van der Waals surface area contributed by atoms with Gasteiger partial charge in [-0.25, -0.2) is 0 Å². The number of carbonyl (C=O) groups is 2. The Bertz CT molecular complexity index is 1120. The van der Waals surface area contributed by atoms with Gasteiger partial charge in [-0.2, -0.15) is 0 Å². The maximum absolute atomic E-state index is 13.2. The molecule has 0 saturated carbocycles. The van der Waals surface area contributed by atoms with Crippen molar-refractivity contribution in [2.24, 2.45) is 0 Å².